The highest BCUT2D eigenvalue weighted by molar-refractivity contribution is 6.18. The molecule has 4 heteroatoms. The molecular weight excluding hydrogens is 635 g/mol. The van der Waals surface area contributed by atoms with E-state index in [4.69, 9.17) is 8.22 Å². The predicted molar refractivity (Wildman–Crippen MR) is 217 cm³/mol. The number of aromatic nitrogens is 3. The Hall–Kier alpha value is -7.04. The van der Waals surface area contributed by atoms with Crippen LogP contribution in [0.5, 0.6) is 5.75 Å². The molecule has 0 fully saturated rings. The lowest BCUT2D eigenvalue weighted by atomic mass is 10.0. The molecule has 0 spiro atoms. The first-order valence-corrected chi connectivity index (χ1v) is 17.0. The molecule has 11 rings (SSSR count). The summed E-state index contributed by atoms with van der Waals surface area (Å²) in [6.07, 6.45) is 0. The summed E-state index contributed by atoms with van der Waals surface area (Å²) in [4.78, 5) is 0. The van der Waals surface area contributed by atoms with Crippen molar-refractivity contribution in [3.8, 4) is 33.9 Å². The van der Waals surface area contributed by atoms with Gasteiger partial charge in [0.2, 0.25) is 0 Å². The Labute approximate surface area is 310 Å². The maximum Gasteiger partial charge on any atom is 0.118 e. The summed E-state index contributed by atoms with van der Waals surface area (Å²) in [5, 5.41) is 17.4. The second kappa shape index (κ2) is 11.0. The number of rotatable bonds is 4. The standard InChI is InChI=1S/C48H31N3O/c52-34-29-32(31-14-2-1-3-15-31)28-33(30-34)49-43-24-11-7-19-39(43)47-44(49)25-13-26-45(47)51-42-23-10-6-18-37(42)38-20-12-27-46(48(38)51)50-40-21-8-4-16-35(40)36-17-5-9-22-41(36)50/h1-30,52H/i1D,2D,3D,14D,15D,28D,29D,30D. The molecular formula is C48H31N3O. The number of aromatic hydroxyl groups is 1. The Kier molecular flexibility index (Phi) is 4.63. The van der Waals surface area contributed by atoms with Gasteiger partial charge in [0.25, 0.3) is 0 Å². The first-order chi connectivity index (χ1) is 29.1. The summed E-state index contributed by atoms with van der Waals surface area (Å²) in [5.41, 5.74) is 6.22. The van der Waals surface area contributed by atoms with Crippen LogP contribution in [-0.4, -0.2) is 18.8 Å². The van der Waals surface area contributed by atoms with Gasteiger partial charge in [-0.25, -0.2) is 0 Å². The van der Waals surface area contributed by atoms with Crippen LogP contribution < -0.4 is 0 Å². The summed E-state index contributed by atoms with van der Waals surface area (Å²) < 4.78 is 76.3. The summed E-state index contributed by atoms with van der Waals surface area (Å²) >= 11 is 0. The fourth-order valence-corrected chi connectivity index (χ4v) is 8.10. The van der Waals surface area contributed by atoms with Crippen molar-refractivity contribution in [3.05, 3.63) is 182 Å². The molecule has 0 amide bonds. The fourth-order valence-electron chi connectivity index (χ4n) is 8.10. The van der Waals surface area contributed by atoms with Gasteiger partial charge >= 0.3 is 0 Å². The van der Waals surface area contributed by atoms with E-state index >= 15 is 0 Å². The van der Waals surface area contributed by atoms with Crippen molar-refractivity contribution >= 4 is 65.4 Å². The van der Waals surface area contributed by atoms with Crippen LogP contribution in [0.1, 0.15) is 11.0 Å². The highest BCUT2D eigenvalue weighted by atomic mass is 16.3. The van der Waals surface area contributed by atoms with E-state index in [1.807, 2.05) is 48.5 Å². The molecule has 4 nitrogen and oxygen atoms in total. The van der Waals surface area contributed by atoms with E-state index in [0.29, 0.717) is 11.0 Å². The van der Waals surface area contributed by atoms with Gasteiger partial charge in [-0.05, 0) is 65.7 Å². The summed E-state index contributed by atoms with van der Waals surface area (Å²) in [7, 11) is 0. The molecule has 0 saturated heterocycles. The molecule has 0 bridgehead atoms. The number of nitrogens with zero attached hydrogens (tertiary/aromatic N) is 3. The molecule has 0 atom stereocenters. The van der Waals surface area contributed by atoms with Crippen LogP contribution in [0.4, 0.5) is 0 Å². The third kappa shape index (κ3) is 4.03. The summed E-state index contributed by atoms with van der Waals surface area (Å²) in [5.74, 6) is -0.775. The highest BCUT2D eigenvalue weighted by Crippen LogP contribution is 2.43. The Bertz CT molecular complexity index is 3590. The average molecular weight is 674 g/mol. The minimum absolute atomic E-state index is 0.0955. The lowest BCUT2D eigenvalue weighted by molar-refractivity contribution is 0.475. The van der Waals surface area contributed by atoms with E-state index in [2.05, 4.69) is 94.1 Å². The third-order valence-electron chi connectivity index (χ3n) is 10.1. The molecule has 0 aliphatic rings. The summed E-state index contributed by atoms with van der Waals surface area (Å²) in [6, 6.07) is 40.2. The van der Waals surface area contributed by atoms with Crippen LogP contribution in [0.25, 0.3) is 93.6 Å². The Morgan fingerprint density at radius 1 is 0.404 bits per heavy atom. The molecule has 0 radical (unpaired) electrons. The minimum atomic E-state index is -0.775. The van der Waals surface area contributed by atoms with Gasteiger partial charge in [-0.15, -0.1) is 0 Å². The maximum atomic E-state index is 11.5. The van der Waals surface area contributed by atoms with Crippen molar-refractivity contribution in [2.75, 3.05) is 0 Å². The van der Waals surface area contributed by atoms with Crippen molar-refractivity contribution < 1.29 is 16.1 Å². The normalized spacial score (nSPS) is 14.1. The van der Waals surface area contributed by atoms with E-state index in [1.165, 1.54) is 0 Å². The van der Waals surface area contributed by atoms with Crippen LogP contribution in [0.3, 0.4) is 0 Å². The minimum Gasteiger partial charge on any atom is -0.508 e. The van der Waals surface area contributed by atoms with Gasteiger partial charge in [0.15, 0.2) is 0 Å². The van der Waals surface area contributed by atoms with Crippen molar-refractivity contribution in [1.29, 1.82) is 0 Å². The van der Waals surface area contributed by atoms with Crippen LogP contribution in [0.2, 0.25) is 0 Å². The molecule has 0 aliphatic carbocycles. The summed E-state index contributed by atoms with van der Waals surface area (Å²) in [6.45, 7) is 0. The first kappa shape index (κ1) is 21.9. The Morgan fingerprint density at radius 3 is 1.62 bits per heavy atom. The molecule has 11 aromatic rings. The molecule has 3 heterocycles. The smallest absolute Gasteiger partial charge is 0.118 e. The van der Waals surface area contributed by atoms with Crippen molar-refractivity contribution in [3.63, 3.8) is 0 Å². The van der Waals surface area contributed by atoms with Gasteiger partial charge in [-0.1, -0.05) is 121 Å². The van der Waals surface area contributed by atoms with Gasteiger partial charge in [0.05, 0.1) is 61.1 Å². The quantitative estimate of drug-likeness (QED) is 0.198. The zero-order chi connectivity index (χ0) is 41.3. The number of hydrogen-bond donors (Lipinski definition) is 1. The van der Waals surface area contributed by atoms with Crippen LogP contribution in [-0.2, 0) is 0 Å². The zero-order valence-electron chi connectivity index (χ0n) is 35.5. The molecule has 1 N–H and O–H groups in total. The fraction of sp³-hybridized carbons (Fsp3) is 0. The van der Waals surface area contributed by atoms with Crippen molar-refractivity contribution in [2.45, 2.75) is 0 Å². The van der Waals surface area contributed by atoms with E-state index < -0.39 is 59.7 Å². The number of benzene rings is 8. The number of hydrogen-bond acceptors (Lipinski definition) is 1. The molecule has 244 valence electrons. The SMILES string of the molecule is [2H]c1c([2H])c([2H])c(-c2c([2H])c(O)c([2H])c(-n3c4ccccc4c4c(-n5c6ccccc6c6cccc(-n7c8ccccc8c8ccccc87)c65)cccc43)c2[2H])c([2H])c1[2H]. The molecule has 0 unspecified atom stereocenters. The number of fused-ring (bicyclic) bond motifs is 9. The average Bonchev–Trinajstić information content (AvgIpc) is 3.92. The van der Waals surface area contributed by atoms with E-state index in [9.17, 15) is 7.85 Å². The van der Waals surface area contributed by atoms with Crippen molar-refractivity contribution in [1.82, 2.24) is 13.7 Å². The second-order valence-electron chi connectivity index (χ2n) is 12.9. The lowest BCUT2D eigenvalue weighted by Crippen LogP contribution is -2.01. The topological polar surface area (TPSA) is 35.0 Å². The number of phenolic OH excluding ortho intramolecular Hbond substituents is 1. The van der Waals surface area contributed by atoms with E-state index in [1.54, 1.807) is 4.57 Å². The highest BCUT2D eigenvalue weighted by Gasteiger charge is 2.23. The van der Waals surface area contributed by atoms with Gasteiger partial charge < -0.3 is 18.8 Å². The number of para-hydroxylation sites is 5. The molecule has 3 aromatic heterocycles. The molecule has 0 aliphatic heterocycles. The number of phenols is 1. The Morgan fingerprint density at radius 2 is 0.923 bits per heavy atom. The van der Waals surface area contributed by atoms with Crippen LogP contribution in [0, 0.1) is 0 Å². The van der Waals surface area contributed by atoms with Gasteiger partial charge in [-0.3, -0.25) is 0 Å². The molecule has 0 saturated carbocycles. The van der Waals surface area contributed by atoms with Gasteiger partial charge in [0.1, 0.15) is 5.75 Å². The van der Waals surface area contributed by atoms with Gasteiger partial charge in [0, 0.05) is 38.4 Å². The predicted octanol–water partition coefficient (Wildman–Crippen LogP) is 12.4. The van der Waals surface area contributed by atoms with Crippen molar-refractivity contribution in [2.24, 2.45) is 0 Å². The lowest BCUT2D eigenvalue weighted by Gasteiger charge is -2.16. The maximum absolute atomic E-state index is 11.5. The molecule has 52 heavy (non-hydrogen) atoms. The van der Waals surface area contributed by atoms with Crippen LogP contribution >= 0.6 is 0 Å². The van der Waals surface area contributed by atoms with Gasteiger partial charge in [-0.2, -0.15) is 0 Å². The molecule has 8 aromatic carbocycles. The Balaban J connectivity index is 1.28. The first-order valence-electron chi connectivity index (χ1n) is 21.0. The van der Waals surface area contributed by atoms with Crippen LogP contribution in [0.15, 0.2) is 182 Å². The largest absolute Gasteiger partial charge is 0.508 e. The zero-order valence-corrected chi connectivity index (χ0v) is 27.5. The van der Waals surface area contributed by atoms with E-state index in [0.717, 1.165) is 65.8 Å². The van der Waals surface area contributed by atoms with E-state index in [-0.39, 0.29) is 11.3 Å². The third-order valence-corrected chi connectivity index (χ3v) is 10.1. The second-order valence-corrected chi connectivity index (χ2v) is 12.9. The monoisotopic (exact) mass is 673 g/mol.